The average molecular weight is 157 g/mol. The summed E-state index contributed by atoms with van der Waals surface area (Å²) in [4.78, 5) is 0. The quantitative estimate of drug-likeness (QED) is 0.627. The van der Waals surface area contributed by atoms with E-state index in [4.69, 9.17) is 5.11 Å². The molecule has 0 aromatic heterocycles. The van der Waals surface area contributed by atoms with Crippen LogP contribution < -0.4 is 5.32 Å². The zero-order chi connectivity index (χ0) is 8.27. The van der Waals surface area contributed by atoms with Gasteiger partial charge in [-0.15, -0.1) is 0 Å². The molecule has 0 amide bonds. The summed E-state index contributed by atoms with van der Waals surface area (Å²) in [6.45, 7) is 4.64. The third-order valence-electron chi connectivity index (χ3n) is 2.55. The molecule has 0 aromatic rings. The minimum Gasteiger partial charge on any atom is -0.395 e. The van der Waals surface area contributed by atoms with Crippen molar-refractivity contribution in [1.82, 2.24) is 5.32 Å². The number of aliphatic hydroxyl groups is 1. The normalized spacial score (nSPS) is 23.2. The van der Waals surface area contributed by atoms with Gasteiger partial charge in [-0.2, -0.15) is 0 Å². The number of aliphatic hydroxyl groups excluding tert-OH is 1. The first-order valence-corrected chi connectivity index (χ1v) is 4.64. The Morgan fingerprint density at radius 3 is 2.55 bits per heavy atom. The zero-order valence-corrected chi connectivity index (χ0v) is 7.51. The Hall–Kier alpha value is -0.0800. The Morgan fingerprint density at radius 1 is 1.55 bits per heavy atom. The van der Waals surface area contributed by atoms with Gasteiger partial charge in [0.2, 0.25) is 0 Å². The number of nitrogens with one attached hydrogen (secondary N) is 1. The van der Waals surface area contributed by atoms with Gasteiger partial charge in [0.05, 0.1) is 6.61 Å². The lowest BCUT2D eigenvalue weighted by Crippen LogP contribution is -2.39. The van der Waals surface area contributed by atoms with Crippen molar-refractivity contribution in [2.45, 2.75) is 45.2 Å². The van der Waals surface area contributed by atoms with Crippen molar-refractivity contribution in [3.05, 3.63) is 0 Å². The molecule has 2 heteroatoms. The highest BCUT2D eigenvalue weighted by molar-refractivity contribution is 4.86. The lowest BCUT2D eigenvalue weighted by molar-refractivity contribution is 0.201. The van der Waals surface area contributed by atoms with Crippen LogP contribution in [0.25, 0.3) is 0 Å². The molecule has 2 nitrogen and oxygen atoms in total. The summed E-state index contributed by atoms with van der Waals surface area (Å²) in [7, 11) is 0. The molecule has 2 atom stereocenters. The Kier molecular flexibility index (Phi) is 3.34. The van der Waals surface area contributed by atoms with Crippen LogP contribution in [0.2, 0.25) is 0 Å². The van der Waals surface area contributed by atoms with Gasteiger partial charge < -0.3 is 10.4 Å². The van der Waals surface area contributed by atoms with E-state index in [1.807, 2.05) is 0 Å². The first kappa shape index (κ1) is 9.01. The molecule has 0 radical (unpaired) electrons. The first-order valence-electron chi connectivity index (χ1n) is 4.64. The van der Waals surface area contributed by atoms with E-state index in [-0.39, 0.29) is 6.61 Å². The Morgan fingerprint density at radius 2 is 2.18 bits per heavy atom. The average Bonchev–Trinajstić information content (AvgIpc) is 2.82. The van der Waals surface area contributed by atoms with E-state index in [1.54, 1.807) is 0 Å². The second-order valence-corrected chi connectivity index (χ2v) is 3.62. The molecule has 1 aliphatic carbocycles. The van der Waals surface area contributed by atoms with Crippen LogP contribution >= 0.6 is 0 Å². The fourth-order valence-corrected chi connectivity index (χ4v) is 1.23. The van der Waals surface area contributed by atoms with Crippen LogP contribution in [0, 0.1) is 5.92 Å². The van der Waals surface area contributed by atoms with E-state index in [0.29, 0.717) is 18.0 Å². The third kappa shape index (κ3) is 2.80. The minimum atomic E-state index is 0.283. The Balaban J connectivity index is 2.21. The van der Waals surface area contributed by atoms with Gasteiger partial charge in [0.15, 0.2) is 0 Å². The van der Waals surface area contributed by atoms with Crippen LogP contribution in [0.3, 0.4) is 0 Å². The molecule has 0 heterocycles. The summed E-state index contributed by atoms with van der Waals surface area (Å²) in [5.41, 5.74) is 0. The molecule has 11 heavy (non-hydrogen) atoms. The summed E-state index contributed by atoms with van der Waals surface area (Å²) >= 11 is 0. The van der Waals surface area contributed by atoms with Gasteiger partial charge in [-0.1, -0.05) is 20.3 Å². The minimum absolute atomic E-state index is 0.283. The van der Waals surface area contributed by atoms with Crippen LogP contribution in [0.15, 0.2) is 0 Å². The third-order valence-corrected chi connectivity index (χ3v) is 2.55. The molecule has 0 spiro atoms. The van der Waals surface area contributed by atoms with Crippen molar-refractivity contribution in [1.29, 1.82) is 0 Å². The number of rotatable bonds is 5. The van der Waals surface area contributed by atoms with Gasteiger partial charge in [-0.05, 0) is 18.8 Å². The first-order chi connectivity index (χ1) is 5.27. The summed E-state index contributed by atoms with van der Waals surface area (Å²) in [6, 6.07) is 1.04. The molecule has 2 N–H and O–H groups in total. The highest BCUT2D eigenvalue weighted by Gasteiger charge is 2.26. The summed E-state index contributed by atoms with van der Waals surface area (Å²) < 4.78 is 0. The monoisotopic (exact) mass is 157 g/mol. The van der Waals surface area contributed by atoms with E-state index in [1.165, 1.54) is 12.8 Å². The molecule has 0 bridgehead atoms. The molecule has 1 aliphatic rings. The maximum Gasteiger partial charge on any atom is 0.0587 e. The standard InChI is InChI=1S/C9H19NO/c1-3-7(2)9(6-11)10-8-4-5-8/h7-11H,3-6H2,1-2H3. The second-order valence-electron chi connectivity index (χ2n) is 3.62. The van der Waals surface area contributed by atoms with Gasteiger partial charge in [-0.25, -0.2) is 0 Å². The highest BCUT2D eigenvalue weighted by Crippen LogP contribution is 2.21. The van der Waals surface area contributed by atoms with Crippen LogP contribution in [0.5, 0.6) is 0 Å². The smallest absolute Gasteiger partial charge is 0.0587 e. The van der Waals surface area contributed by atoms with Crippen LogP contribution in [-0.2, 0) is 0 Å². The predicted molar refractivity (Wildman–Crippen MR) is 46.5 cm³/mol. The van der Waals surface area contributed by atoms with Crippen molar-refractivity contribution >= 4 is 0 Å². The van der Waals surface area contributed by atoms with Gasteiger partial charge >= 0.3 is 0 Å². The van der Waals surface area contributed by atoms with Crippen LogP contribution in [0.4, 0.5) is 0 Å². The van der Waals surface area contributed by atoms with E-state index >= 15 is 0 Å². The van der Waals surface area contributed by atoms with Crippen molar-refractivity contribution in [3.8, 4) is 0 Å². The summed E-state index contributed by atoms with van der Waals surface area (Å²) in [6.07, 6.45) is 3.74. The van der Waals surface area contributed by atoms with E-state index in [9.17, 15) is 0 Å². The lowest BCUT2D eigenvalue weighted by atomic mass is 10.00. The van der Waals surface area contributed by atoms with E-state index < -0.39 is 0 Å². The molecular weight excluding hydrogens is 138 g/mol. The summed E-state index contributed by atoms with van der Waals surface area (Å²) in [5.74, 6) is 0.598. The van der Waals surface area contributed by atoms with Crippen molar-refractivity contribution in [2.75, 3.05) is 6.61 Å². The fourth-order valence-electron chi connectivity index (χ4n) is 1.23. The molecular formula is C9H19NO. The van der Waals surface area contributed by atoms with E-state index in [0.717, 1.165) is 6.42 Å². The van der Waals surface area contributed by atoms with Gasteiger partial charge in [0.25, 0.3) is 0 Å². The Labute approximate surface area is 69.0 Å². The molecule has 0 aromatic carbocycles. The molecule has 0 aliphatic heterocycles. The van der Waals surface area contributed by atoms with Crippen LogP contribution in [-0.4, -0.2) is 23.8 Å². The van der Waals surface area contributed by atoms with Crippen molar-refractivity contribution in [2.24, 2.45) is 5.92 Å². The number of hydrogen-bond donors (Lipinski definition) is 2. The molecule has 1 saturated carbocycles. The fraction of sp³-hybridized carbons (Fsp3) is 1.00. The van der Waals surface area contributed by atoms with Gasteiger partial charge in [0.1, 0.15) is 0 Å². The van der Waals surface area contributed by atoms with Gasteiger partial charge in [0, 0.05) is 12.1 Å². The zero-order valence-electron chi connectivity index (χ0n) is 7.51. The maximum atomic E-state index is 9.04. The molecule has 2 unspecified atom stereocenters. The van der Waals surface area contributed by atoms with Crippen LogP contribution in [0.1, 0.15) is 33.1 Å². The number of hydrogen-bond acceptors (Lipinski definition) is 2. The molecule has 0 saturated heterocycles. The lowest BCUT2D eigenvalue weighted by Gasteiger charge is -2.21. The highest BCUT2D eigenvalue weighted by atomic mass is 16.3. The predicted octanol–water partition coefficient (Wildman–Crippen LogP) is 1.15. The van der Waals surface area contributed by atoms with Crippen molar-refractivity contribution in [3.63, 3.8) is 0 Å². The largest absolute Gasteiger partial charge is 0.395 e. The maximum absolute atomic E-state index is 9.04. The Bertz CT molecular complexity index is 112. The molecule has 66 valence electrons. The van der Waals surface area contributed by atoms with Crippen molar-refractivity contribution < 1.29 is 5.11 Å². The molecule has 1 fully saturated rings. The summed E-state index contributed by atoms with van der Waals surface area (Å²) in [5, 5.41) is 12.5. The van der Waals surface area contributed by atoms with E-state index in [2.05, 4.69) is 19.2 Å². The molecule has 1 rings (SSSR count). The van der Waals surface area contributed by atoms with Gasteiger partial charge in [-0.3, -0.25) is 0 Å². The SMILES string of the molecule is CCC(C)C(CO)NC1CC1. The topological polar surface area (TPSA) is 32.3 Å². The second kappa shape index (κ2) is 4.07.